The van der Waals surface area contributed by atoms with Crippen LogP contribution in [-0.2, 0) is 16.1 Å². The first-order valence-electron chi connectivity index (χ1n) is 5.23. The zero-order valence-corrected chi connectivity index (χ0v) is 10.7. The third-order valence-corrected chi connectivity index (χ3v) is 3.21. The predicted octanol–water partition coefficient (Wildman–Crippen LogP) is 1.19. The fourth-order valence-corrected chi connectivity index (χ4v) is 2.29. The summed E-state index contributed by atoms with van der Waals surface area (Å²) in [6.45, 7) is 0.302. The van der Waals surface area contributed by atoms with Crippen molar-refractivity contribution in [2.75, 3.05) is 0 Å². The van der Waals surface area contributed by atoms with Crippen molar-refractivity contribution in [3.63, 3.8) is 0 Å². The van der Waals surface area contributed by atoms with Crippen LogP contribution in [0.2, 0.25) is 0 Å². The second kappa shape index (κ2) is 5.02. The lowest BCUT2D eigenvalue weighted by Crippen LogP contribution is -2.23. The normalized spacial score (nSPS) is 23.2. The predicted molar refractivity (Wildman–Crippen MR) is 62.1 cm³/mol. The molecule has 1 aliphatic rings. The minimum Gasteiger partial charge on any atom is -0.479 e. The monoisotopic (exact) mass is 319 g/mol. The molecule has 1 saturated heterocycles. The second-order valence-corrected chi connectivity index (χ2v) is 4.80. The number of halogens is 1. The van der Waals surface area contributed by atoms with Gasteiger partial charge >= 0.3 is 11.8 Å². The molecule has 1 fully saturated rings. The van der Waals surface area contributed by atoms with Crippen molar-refractivity contribution in [1.29, 1.82) is 0 Å². The molecule has 0 aliphatic carbocycles. The number of nitrogens with zero attached hydrogens (tertiary/aromatic N) is 3. The molecule has 2 unspecified atom stereocenters. The van der Waals surface area contributed by atoms with Gasteiger partial charge in [-0.25, -0.2) is 4.79 Å². The number of hydrogen-bond donors (Lipinski definition) is 1. The molecule has 0 amide bonds. The van der Waals surface area contributed by atoms with Gasteiger partial charge in [-0.15, -0.1) is 0 Å². The van der Waals surface area contributed by atoms with E-state index in [0.717, 1.165) is 0 Å². The van der Waals surface area contributed by atoms with E-state index in [-0.39, 0.29) is 11.9 Å². The van der Waals surface area contributed by atoms with E-state index in [0.29, 0.717) is 23.9 Å². The van der Waals surface area contributed by atoms with Crippen molar-refractivity contribution in [2.45, 2.75) is 31.6 Å². The highest BCUT2D eigenvalue weighted by Gasteiger charge is 2.32. The average molecular weight is 320 g/mol. The lowest BCUT2D eigenvalue weighted by molar-refractivity contribution is -0.390. The summed E-state index contributed by atoms with van der Waals surface area (Å²) < 4.78 is 6.97. The molecule has 2 atom stereocenters. The van der Waals surface area contributed by atoms with Crippen LogP contribution in [0.15, 0.2) is 10.7 Å². The van der Waals surface area contributed by atoms with Gasteiger partial charge in [0.15, 0.2) is 6.10 Å². The molecular weight excluding hydrogens is 310 g/mol. The van der Waals surface area contributed by atoms with Gasteiger partial charge in [0.2, 0.25) is 0 Å². The Morgan fingerprint density at radius 3 is 2.94 bits per heavy atom. The summed E-state index contributed by atoms with van der Waals surface area (Å²) >= 11 is 3.04. The zero-order chi connectivity index (χ0) is 13.3. The van der Waals surface area contributed by atoms with Crippen LogP contribution >= 0.6 is 15.9 Å². The van der Waals surface area contributed by atoms with Gasteiger partial charge in [0.05, 0.1) is 23.9 Å². The van der Waals surface area contributed by atoms with E-state index in [1.54, 1.807) is 0 Å². The first kappa shape index (κ1) is 13.0. The molecule has 0 spiro atoms. The standard InChI is InChI=1S/C9H10BrN3O5/c10-6-4-12(11-8(6)13(16)17)3-5-1-2-7(18-5)9(14)15/h4-5,7H,1-3H2,(H,14,15). The smallest absolute Gasteiger partial charge is 0.404 e. The van der Waals surface area contributed by atoms with E-state index < -0.39 is 17.0 Å². The molecule has 0 radical (unpaired) electrons. The van der Waals surface area contributed by atoms with Gasteiger partial charge in [-0.2, -0.15) is 4.68 Å². The summed E-state index contributed by atoms with van der Waals surface area (Å²) in [5.41, 5.74) is 0. The molecule has 98 valence electrons. The molecular formula is C9H10BrN3O5. The Balaban J connectivity index is 2.01. The van der Waals surface area contributed by atoms with Gasteiger partial charge in [-0.3, -0.25) is 0 Å². The fourth-order valence-electron chi connectivity index (χ4n) is 1.83. The number of hydrogen-bond acceptors (Lipinski definition) is 5. The summed E-state index contributed by atoms with van der Waals surface area (Å²) in [5, 5.41) is 23.2. The number of carboxylic acids is 1. The number of ether oxygens (including phenoxy) is 1. The van der Waals surface area contributed by atoms with Crippen molar-refractivity contribution in [3.05, 3.63) is 20.8 Å². The molecule has 1 aromatic heterocycles. The highest BCUT2D eigenvalue weighted by Crippen LogP contribution is 2.25. The zero-order valence-electron chi connectivity index (χ0n) is 9.15. The Hall–Kier alpha value is -1.48. The van der Waals surface area contributed by atoms with E-state index in [2.05, 4.69) is 21.0 Å². The Kier molecular flexibility index (Phi) is 3.62. The van der Waals surface area contributed by atoms with Gasteiger partial charge < -0.3 is 20.0 Å². The second-order valence-electron chi connectivity index (χ2n) is 3.94. The average Bonchev–Trinajstić information content (AvgIpc) is 2.86. The molecule has 8 nitrogen and oxygen atoms in total. The maximum absolute atomic E-state index is 10.7. The van der Waals surface area contributed by atoms with E-state index >= 15 is 0 Å². The van der Waals surface area contributed by atoms with E-state index in [4.69, 9.17) is 9.84 Å². The van der Waals surface area contributed by atoms with Gasteiger partial charge in [0, 0.05) is 0 Å². The lowest BCUT2D eigenvalue weighted by atomic mass is 10.2. The Morgan fingerprint density at radius 2 is 2.44 bits per heavy atom. The SMILES string of the molecule is O=C(O)C1CCC(Cn2cc(Br)c([N+](=O)[O-])n2)O1. The lowest BCUT2D eigenvalue weighted by Gasteiger charge is -2.08. The molecule has 9 heteroatoms. The first-order valence-corrected chi connectivity index (χ1v) is 6.02. The molecule has 2 heterocycles. The summed E-state index contributed by atoms with van der Waals surface area (Å²) in [7, 11) is 0. The Bertz CT molecular complexity index is 489. The van der Waals surface area contributed by atoms with Crippen LogP contribution in [0.25, 0.3) is 0 Å². The molecule has 1 aromatic rings. The van der Waals surface area contributed by atoms with Gasteiger partial charge in [0.25, 0.3) is 0 Å². The van der Waals surface area contributed by atoms with E-state index in [1.165, 1.54) is 10.9 Å². The van der Waals surface area contributed by atoms with Crippen LogP contribution in [0, 0.1) is 10.1 Å². The molecule has 2 rings (SSSR count). The van der Waals surface area contributed by atoms with Gasteiger partial charge in [-0.1, -0.05) is 0 Å². The summed E-state index contributed by atoms with van der Waals surface area (Å²) in [6.07, 6.45) is 1.46. The number of aliphatic carboxylic acids is 1. The molecule has 0 aromatic carbocycles. The summed E-state index contributed by atoms with van der Waals surface area (Å²) in [6, 6.07) is 0. The highest BCUT2D eigenvalue weighted by molar-refractivity contribution is 9.10. The highest BCUT2D eigenvalue weighted by atomic mass is 79.9. The van der Waals surface area contributed by atoms with Crippen LogP contribution in [-0.4, -0.2) is 38.0 Å². The largest absolute Gasteiger partial charge is 0.479 e. The number of rotatable bonds is 4. The minimum absolute atomic E-state index is 0.261. The minimum atomic E-state index is -0.981. The quantitative estimate of drug-likeness (QED) is 0.659. The molecule has 1 N–H and O–H groups in total. The van der Waals surface area contributed by atoms with E-state index in [1.807, 2.05) is 0 Å². The molecule has 0 bridgehead atoms. The Labute approximate surface area is 110 Å². The number of carboxylic acid groups (broad SMARTS) is 1. The molecule has 0 saturated carbocycles. The topological polar surface area (TPSA) is 107 Å². The van der Waals surface area contributed by atoms with Gasteiger partial charge in [-0.05, 0) is 33.7 Å². The van der Waals surface area contributed by atoms with Crippen molar-refractivity contribution in [3.8, 4) is 0 Å². The van der Waals surface area contributed by atoms with Crippen LogP contribution in [0.4, 0.5) is 5.82 Å². The summed E-state index contributed by atoms with van der Waals surface area (Å²) in [5.74, 6) is -1.24. The van der Waals surface area contributed by atoms with Crippen molar-refractivity contribution < 1.29 is 19.6 Å². The van der Waals surface area contributed by atoms with Crippen molar-refractivity contribution in [1.82, 2.24) is 9.78 Å². The number of carbonyl (C=O) groups is 1. The van der Waals surface area contributed by atoms with Crippen LogP contribution < -0.4 is 0 Å². The molecule has 18 heavy (non-hydrogen) atoms. The third-order valence-electron chi connectivity index (χ3n) is 2.65. The number of nitro groups is 1. The third kappa shape index (κ3) is 2.67. The van der Waals surface area contributed by atoms with Crippen LogP contribution in [0.3, 0.4) is 0 Å². The van der Waals surface area contributed by atoms with Crippen molar-refractivity contribution >= 4 is 27.7 Å². The summed E-state index contributed by atoms with van der Waals surface area (Å²) in [4.78, 5) is 20.7. The number of aromatic nitrogens is 2. The fraction of sp³-hybridized carbons (Fsp3) is 0.556. The van der Waals surface area contributed by atoms with Crippen LogP contribution in [0.1, 0.15) is 12.8 Å². The Morgan fingerprint density at radius 1 is 1.72 bits per heavy atom. The van der Waals surface area contributed by atoms with Gasteiger partial charge in [0.1, 0.15) is 4.47 Å². The maximum atomic E-state index is 10.7. The first-order chi connectivity index (χ1) is 8.47. The van der Waals surface area contributed by atoms with E-state index in [9.17, 15) is 14.9 Å². The molecule has 1 aliphatic heterocycles. The van der Waals surface area contributed by atoms with Crippen LogP contribution in [0.5, 0.6) is 0 Å². The maximum Gasteiger partial charge on any atom is 0.404 e. The van der Waals surface area contributed by atoms with Crippen molar-refractivity contribution in [2.24, 2.45) is 0 Å².